The van der Waals surface area contributed by atoms with Gasteiger partial charge in [0.25, 0.3) is 0 Å². The largest absolute Gasteiger partial charge is 0.506 e. The summed E-state index contributed by atoms with van der Waals surface area (Å²) < 4.78 is 43.3. The molecule has 0 unspecified atom stereocenters. The van der Waals surface area contributed by atoms with Crippen LogP contribution in [0.25, 0.3) is 0 Å². The molecule has 0 aliphatic carbocycles. The van der Waals surface area contributed by atoms with E-state index in [4.69, 9.17) is 0 Å². The van der Waals surface area contributed by atoms with Crippen LogP contribution in [0.1, 0.15) is 17.0 Å². The van der Waals surface area contributed by atoms with Gasteiger partial charge in [-0.15, -0.1) is 0 Å². The molecule has 0 saturated carbocycles. The fourth-order valence-electron chi connectivity index (χ4n) is 2.71. The topological polar surface area (TPSA) is 61.6 Å². The molecule has 1 aliphatic rings. The van der Waals surface area contributed by atoms with Gasteiger partial charge in [-0.05, 0) is 35.8 Å². The van der Waals surface area contributed by atoms with Crippen LogP contribution in [0.4, 0.5) is 23.9 Å². The number of benzene rings is 1. The number of nitrogens with zero attached hydrogens (tertiary/aromatic N) is 4. The van der Waals surface area contributed by atoms with Crippen molar-refractivity contribution in [2.45, 2.75) is 12.7 Å². The van der Waals surface area contributed by atoms with Crippen molar-refractivity contribution in [2.24, 2.45) is 4.99 Å². The molecule has 2 aromatic heterocycles. The molecule has 4 rings (SSSR count). The highest BCUT2D eigenvalue weighted by molar-refractivity contribution is 7.10. The lowest BCUT2D eigenvalue weighted by Gasteiger charge is -2.29. The predicted molar refractivity (Wildman–Crippen MR) is 91.8 cm³/mol. The van der Waals surface area contributed by atoms with Gasteiger partial charge in [0.15, 0.2) is 11.5 Å². The third-order valence-electron chi connectivity index (χ3n) is 3.88. The standard InChI is InChI=1S/C17H11F3N4OS/c18-17(19,20)14-11-9-24(10-5-2-1-3-6-10)15(22-16(11)26-23-14)13-12(25)7-4-8-21-13/h1-8,25H,9H2. The van der Waals surface area contributed by atoms with Crippen molar-refractivity contribution in [3.8, 4) is 5.75 Å². The van der Waals surface area contributed by atoms with Gasteiger partial charge in [-0.2, -0.15) is 17.5 Å². The van der Waals surface area contributed by atoms with Gasteiger partial charge in [-0.3, -0.25) is 0 Å². The zero-order chi connectivity index (χ0) is 18.3. The molecule has 0 bridgehead atoms. The Morgan fingerprint density at radius 2 is 1.85 bits per heavy atom. The molecule has 0 spiro atoms. The first kappa shape index (κ1) is 16.5. The molecule has 3 heterocycles. The van der Waals surface area contributed by atoms with Crippen LogP contribution in [0.5, 0.6) is 5.75 Å². The molecule has 9 heteroatoms. The molecule has 1 aromatic carbocycles. The molecule has 1 aliphatic heterocycles. The molecule has 1 N–H and O–H groups in total. The summed E-state index contributed by atoms with van der Waals surface area (Å²) in [5, 5.41) is 10.3. The Morgan fingerprint density at radius 1 is 1.08 bits per heavy atom. The fourth-order valence-corrected chi connectivity index (χ4v) is 3.50. The number of aliphatic imine (C=N–C) groups is 1. The minimum Gasteiger partial charge on any atom is -0.506 e. The lowest BCUT2D eigenvalue weighted by Crippen LogP contribution is -2.34. The second-order valence-corrected chi connectivity index (χ2v) is 6.29. The average Bonchev–Trinajstić information content (AvgIpc) is 3.05. The van der Waals surface area contributed by atoms with Crippen LogP contribution < -0.4 is 4.90 Å². The molecule has 0 amide bonds. The lowest BCUT2D eigenvalue weighted by atomic mass is 10.1. The van der Waals surface area contributed by atoms with Crippen LogP contribution in [-0.2, 0) is 12.7 Å². The van der Waals surface area contributed by atoms with Crippen LogP contribution in [0, 0.1) is 0 Å². The monoisotopic (exact) mass is 376 g/mol. The summed E-state index contributed by atoms with van der Waals surface area (Å²) >= 11 is 0.687. The van der Waals surface area contributed by atoms with Gasteiger partial charge in [0.2, 0.25) is 0 Å². The minimum absolute atomic E-state index is 0.0190. The van der Waals surface area contributed by atoms with Crippen LogP contribution in [-0.4, -0.2) is 20.3 Å². The fraction of sp³-hybridized carbons (Fsp3) is 0.118. The van der Waals surface area contributed by atoms with E-state index in [0.29, 0.717) is 17.2 Å². The van der Waals surface area contributed by atoms with Crippen molar-refractivity contribution in [2.75, 3.05) is 4.90 Å². The van der Waals surface area contributed by atoms with Gasteiger partial charge in [0, 0.05) is 17.4 Å². The zero-order valence-corrected chi connectivity index (χ0v) is 13.9. The van der Waals surface area contributed by atoms with E-state index >= 15 is 0 Å². The second kappa shape index (κ2) is 6.10. The van der Waals surface area contributed by atoms with E-state index in [2.05, 4.69) is 14.3 Å². The molecule has 0 radical (unpaired) electrons. The first-order valence-corrected chi connectivity index (χ1v) is 8.34. The van der Waals surface area contributed by atoms with E-state index < -0.39 is 11.9 Å². The number of pyridine rings is 1. The maximum Gasteiger partial charge on any atom is 0.434 e. The first-order chi connectivity index (χ1) is 12.4. The highest BCUT2D eigenvalue weighted by atomic mass is 32.1. The minimum atomic E-state index is -4.55. The number of para-hydroxylation sites is 1. The van der Waals surface area contributed by atoms with E-state index in [-0.39, 0.29) is 34.4 Å². The molecule has 3 aromatic rings. The number of aromatic hydroxyl groups is 1. The Balaban J connectivity index is 1.91. The second-order valence-electron chi connectivity index (χ2n) is 5.54. The van der Waals surface area contributed by atoms with E-state index in [1.165, 1.54) is 12.3 Å². The van der Waals surface area contributed by atoms with Crippen LogP contribution in [0.2, 0.25) is 0 Å². The van der Waals surface area contributed by atoms with Crippen LogP contribution in [0.3, 0.4) is 0 Å². The summed E-state index contributed by atoms with van der Waals surface area (Å²) in [4.78, 5) is 10.1. The number of fused-ring (bicyclic) bond motifs is 1. The molecule has 5 nitrogen and oxygen atoms in total. The van der Waals surface area contributed by atoms with Gasteiger partial charge in [0.05, 0.1) is 6.54 Å². The first-order valence-electron chi connectivity index (χ1n) is 7.56. The average molecular weight is 376 g/mol. The van der Waals surface area contributed by atoms with Gasteiger partial charge in [-0.25, -0.2) is 9.98 Å². The van der Waals surface area contributed by atoms with Gasteiger partial charge in [-0.1, -0.05) is 18.2 Å². The van der Waals surface area contributed by atoms with Crippen molar-refractivity contribution in [3.63, 3.8) is 0 Å². The summed E-state index contributed by atoms with van der Waals surface area (Å²) in [5.41, 5.74) is -0.0674. The normalized spacial score (nSPS) is 14.1. The van der Waals surface area contributed by atoms with Crippen molar-refractivity contribution in [1.82, 2.24) is 9.36 Å². The maximum absolute atomic E-state index is 13.2. The van der Waals surface area contributed by atoms with Crippen molar-refractivity contribution >= 4 is 28.1 Å². The highest BCUT2D eigenvalue weighted by Gasteiger charge is 2.40. The number of alkyl halides is 3. The summed E-state index contributed by atoms with van der Waals surface area (Å²) in [5.74, 6) is 0.176. The lowest BCUT2D eigenvalue weighted by molar-refractivity contribution is -0.141. The maximum atomic E-state index is 13.2. The third kappa shape index (κ3) is 2.80. The Kier molecular flexibility index (Phi) is 3.87. The quantitative estimate of drug-likeness (QED) is 0.722. The smallest absolute Gasteiger partial charge is 0.434 e. The van der Waals surface area contributed by atoms with Gasteiger partial charge >= 0.3 is 6.18 Å². The van der Waals surface area contributed by atoms with Crippen molar-refractivity contribution in [3.05, 3.63) is 65.6 Å². The molecular weight excluding hydrogens is 365 g/mol. The van der Waals surface area contributed by atoms with E-state index in [1.807, 2.05) is 0 Å². The zero-order valence-electron chi connectivity index (χ0n) is 13.1. The summed E-state index contributed by atoms with van der Waals surface area (Å²) in [6.07, 6.45) is -3.06. The summed E-state index contributed by atoms with van der Waals surface area (Å²) in [6.45, 7) is -0.0699. The third-order valence-corrected chi connectivity index (χ3v) is 4.67. The number of hydrogen-bond acceptors (Lipinski definition) is 6. The molecule has 0 fully saturated rings. The Bertz CT molecular complexity index is 985. The van der Waals surface area contributed by atoms with Crippen LogP contribution in [0.15, 0.2) is 53.7 Å². The number of halogens is 3. The number of rotatable bonds is 2. The van der Waals surface area contributed by atoms with E-state index in [0.717, 1.165) is 0 Å². The Hall–Kier alpha value is -2.94. The summed E-state index contributed by atoms with van der Waals surface area (Å²) in [7, 11) is 0. The Labute approximate surface area is 150 Å². The molecule has 0 atom stereocenters. The number of amidine groups is 1. The predicted octanol–water partition coefficient (Wildman–Crippen LogP) is 4.36. The van der Waals surface area contributed by atoms with Crippen molar-refractivity contribution in [1.29, 1.82) is 0 Å². The SMILES string of the molecule is Oc1cccnc1C1=Nc2snc(C(F)(F)F)c2CN1c1ccccc1. The summed E-state index contributed by atoms with van der Waals surface area (Å²) in [6, 6.07) is 11.9. The number of hydrogen-bond donors (Lipinski definition) is 1. The molecule has 26 heavy (non-hydrogen) atoms. The number of anilines is 1. The van der Waals surface area contributed by atoms with Crippen molar-refractivity contribution < 1.29 is 18.3 Å². The molecule has 132 valence electrons. The molecular formula is C17H11F3N4OS. The van der Waals surface area contributed by atoms with E-state index in [9.17, 15) is 18.3 Å². The highest BCUT2D eigenvalue weighted by Crippen LogP contribution is 2.42. The number of aromatic nitrogens is 2. The molecule has 0 saturated heterocycles. The van der Waals surface area contributed by atoms with Gasteiger partial charge < -0.3 is 10.0 Å². The Morgan fingerprint density at radius 3 is 2.54 bits per heavy atom. The van der Waals surface area contributed by atoms with Crippen LogP contribution >= 0.6 is 11.5 Å². The van der Waals surface area contributed by atoms with Gasteiger partial charge in [0.1, 0.15) is 16.4 Å². The van der Waals surface area contributed by atoms with E-state index in [1.54, 1.807) is 41.3 Å².